The first-order chi connectivity index (χ1) is 11.0. The van der Waals surface area contributed by atoms with Crippen molar-refractivity contribution >= 4 is 29.2 Å². The van der Waals surface area contributed by atoms with Crippen LogP contribution in [0.4, 0.5) is 0 Å². The standard InChI is InChI=1S/C17H17Cl2NO3/c1-11-2-4-12(5-3-11)10-23-17-13(8-20-9-16(21)22)6-14(18)7-15(17)19/h2-7,20H,8-10H2,1H3,(H,21,22). The molecule has 0 atom stereocenters. The summed E-state index contributed by atoms with van der Waals surface area (Å²) in [5, 5.41) is 12.4. The number of aryl methyl sites for hydroxylation is 1. The van der Waals surface area contributed by atoms with Gasteiger partial charge in [-0.25, -0.2) is 0 Å². The molecule has 0 radical (unpaired) electrons. The predicted octanol–water partition coefficient (Wildman–Crippen LogP) is 4.06. The van der Waals surface area contributed by atoms with Crippen LogP contribution in [-0.4, -0.2) is 17.6 Å². The van der Waals surface area contributed by atoms with Gasteiger partial charge in [0.1, 0.15) is 12.4 Å². The molecule has 2 aromatic rings. The molecule has 0 fully saturated rings. The Hall–Kier alpha value is -1.75. The van der Waals surface area contributed by atoms with Crippen molar-refractivity contribution < 1.29 is 14.6 Å². The van der Waals surface area contributed by atoms with Gasteiger partial charge in [0, 0.05) is 17.1 Å². The molecule has 0 aliphatic rings. The van der Waals surface area contributed by atoms with Crippen LogP contribution in [0.2, 0.25) is 10.0 Å². The van der Waals surface area contributed by atoms with E-state index in [0.717, 1.165) is 11.1 Å². The summed E-state index contributed by atoms with van der Waals surface area (Å²) >= 11 is 12.2. The lowest BCUT2D eigenvalue weighted by molar-refractivity contribution is -0.136. The largest absolute Gasteiger partial charge is 0.487 e. The number of carboxylic acid groups (broad SMARTS) is 1. The molecule has 2 aromatic carbocycles. The molecule has 0 aliphatic heterocycles. The van der Waals surface area contributed by atoms with E-state index in [1.165, 1.54) is 5.56 Å². The second-order valence-electron chi connectivity index (χ2n) is 5.15. The highest BCUT2D eigenvalue weighted by atomic mass is 35.5. The molecule has 6 heteroatoms. The quantitative estimate of drug-likeness (QED) is 0.788. The molecule has 0 amide bonds. The van der Waals surface area contributed by atoms with Gasteiger partial charge in [-0.1, -0.05) is 53.0 Å². The van der Waals surface area contributed by atoms with Crippen LogP contribution in [0.3, 0.4) is 0 Å². The van der Waals surface area contributed by atoms with E-state index in [4.69, 9.17) is 33.0 Å². The maximum absolute atomic E-state index is 10.6. The van der Waals surface area contributed by atoms with Gasteiger partial charge in [-0.2, -0.15) is 0 Å². The van der Waals surface area contributed by atoms with Gasteiger partial charge < -0.3 is 15.2 Å². The van der Waals surface area contributed by atoms with E-state index >= 15 is 0 Å². The average Bonchev–Trinajstić information content (AvgIpc) is 2.47. The van der Waals surface area contributed by atoms with E-state index in [1.807, 2.05) is 31.2 Å². The first-order valence-corrected chi connectivity index (χ1v) is 7.80. The minimum Gasteiger partial charge on any atom is -0.487 e. The lowest BCUT2D eigenvalue weighted by Crippen LogP contribution is -2.22. The topological polar surface area (TPSA) is 58.6 Å². The molecule has 0 aliphatic carbocycles. The number of halogens is 2. The molecule has 0 bridgehead atoms. The molecule has 2 N–H and O–H groups in total. The zero-order valence-electron chi connectivity index (χ0n) is 12.6. The fourth-order valence-corrected chi connectivity index (χ4v) is 2.64. The van der Waals surface area contributed by atoms with Crippen LogP contribution < -0.4 is 10.1 Å². The van der Waals surface area contributed by atoms with Gasteiger partial charge in [-0.3, -0.25) is 4.79 Å². The van der Waals surface area contributed by atoms with Crippen molar-refractivity contribution in [2.24, 2.45) is 0 Å². The number of hydrogen-bond donors (Lipinski definition) is 2. The SMILES string of the molecule is Cc1ccc(COc2c(Cl)cc(Cl)cc2CNCC(=O)O)cc1. The predicted molar refractivity (Wildman–Crippen MR) is 91.3 cm³/mol. The second kappa shape index (κ2) is 8.20. The third-order valence-corrected chi connectivity index (χ3v) is 3.68. The normalized spacial score (nSPS) is 10.6. The number of benzene rings is 2. The zero-order valence-corrected chi connectivity index (χ0v) is 14.1. The average molecular weight is 354 g/mol. The van der Waals surface area contributed by atoms with Crippen molar-refractivity contribution in [3.63, 3.8) is 0 Å². The van der Waals surface area contributed by atoms with Crippen LogP contribution in [0.15, 0.2) is 36.4 Å². The van der Waals surface area contributed by atoms with Crippen molar-refractivity contribution in [1.29, 1.82) is 0 Å². The molecule has 23 heavy (non-hydrogen) atoms. The summed E-state index contributed by atoms with van der Waals surface area (Å²) in [6, 6.07) is 11.3. The summed E-state index contributed by atoms with van der Waals surface area (Å²) < 4.78 is 5.83. The Kier molecular flexibility index (Phi) is 6.28. The lowest BCUT2D eigenvalue weighted by atomic mass is 10.1. The molecule has 0 saturated carbocycles. The first-order valence-electron chi connectivity index (χ1n) is 7.04. The van der Waals surface area contributed by atoms with Gasteiger partial charge in [-0.15, -0.1) is 0 Å². The molecule has 0 unspecified atom stereocenters. The van der Waals surface area contributed by atoms with Gasteiger partial charge in [0.05, 0.1) is 11.6 Å². The third-order valence-electron chi connectivity index (χ3n) is 3.18. The molecule has 122 valence electrons. The highest BCUT2D eigenvalue weighted by Gasteiger charge is 2.11. The maximum atomic E-state index is 10.6. The third kappa shape index (κ3) is 5.43. The maximum Gasteiger partial charge on any atom is 0.317 e. The van der Waals surface area contributed by atoms with Crippen LogP contribution >= 0.6 is 23.2 Å². The van der Waals surface area contributed by atoms with E-state index in [1.54, 1.807) is 12.1 Å². The summed E-state index contributed by atoms with van der Waals surface area (Å²) in [5.41, 5.74) is 2.92. The van der Waals surface area contributed by atoms with Crippen molar-refractivity contribution in [3.05, 3.63) is 63.1 Å². The van der Waals surface area contributed by atoms with Crippen molar-refractivity contribution in [2.75, 3.05) is 6.54 Å². The Morgan fingerprint density at radius 2 is 1.91 bits per heavy atom. The minimum absolute atomic E-state index is 0.151. The van der Waals surface area contributed by atoms with Crippen LogP contribution in [-0.2, 0) is 17.9 Å². The van der Waals surface area contributed by atoms with E-state index in [-0.39, 0.29) is 6.54 Å². The van der Waals surface area contributed by atoms with Crippen molar-refractivity contribution in [2.45, 2.75) is 20.1 Å². The fourth-order valence-electron chi connectivity index (χ4n) is 2.05. The lowest BCUT2D eigenvalue weighted by Gasteiger charge is -2.14. The van der Waals surface area contributed by atoms with E-state index < -0.39 is 5.97 Å². The van der Waals surface area contributed by atoms with Crippen LogP contribution in [0.5, 0.6) is 5.75 Å². The molecule has 0 saturated heterocycles. The summed E-state index contributed by atoms with van der Waals surface area (Å²) in [5.74, 6) is -0.422. The number of carboxylic acids is 1. The second-order valence-corrected chi connectivity index (χ2v) is 5.99. The van der Waals surface area contributed by atoms with Crippen molar-refractivity contribution in [3.8, 4) is 5.75 Å². The molecular weight excluding hydrogens is 337 g/mol. The fraction of sp³-hybridized carbons (Fsp3) is 0.235. The van der Waals surface area contributed by atoms with Crippen LogP contribution in [0.1, 0.15) is 16.7 Å². The van der Waals surface area contributed by atoms with Gasteiger partial charge in [0.15, 0.2) is 0 Å². The highest BCUT2D eigenvalue weighted by molar-refractivity contribution is 6.35. The molecule has 0 aromatic heterocycles. The summed E-state index contributed by atoms with van der Waals surface area (Å²) in [6.07, 6.45) is 0. The van der Waals surface area contributed by atoms with Gasteiger partial charge >= 0.3 is 5.97 Å². The highest BCUT2D eigenvalue weighted by Crippen LogP contribution is 2.33. The Morgan fingerprint density at radius 1 is 1.22 bits per heavy atom. The number of carbonyl (C=O) groups is 1. The smallest absolute Gasteiger partial charge is 0.317 e. The summed E-state index contributed by atoms with van der Waals surface area (Å²) in [6.45, 7) is 2.54. The first kappa shape index (κ1) is 17.6. The van der Waals surface area contributed by atoms with Gasteiger partial charge in [0.2, 0.25) is 0 Å². The number of ether oxygens (including phenoxy) is 1. The van der Waals surface area contributed by atoms with Gasteiger partial charge in [-0.05, 0) is 24.6 Å². The van der Waals surface area contributed by atoms with Crippen molar-refractivity contribution in [1.82, 2.24) is 5.32 Å². The molecule has 4 nitrogen and oxygen atoms in total. The number of rotatable bonds is 7. The van der Waals surface area contributed by atoms with E-state index in [2.05, 4.69) is 5.32 Å². The van der Waals surface area contributed by atoms with E-state index in [0.29, 0.717) is 28.9 Å². The molecule has 0 heterocycles. The monoisotopic (exact) mass is 353 g/mol. The zero-order chi connectivity index (χ0) is 16.8. The molecule has 2 rings (SSSR count). The van der Waals surface area contributed by atoms with Crippen LogP contribution in [0, 0.1) is 6.92 Å². The molecular formula is C17H17Cl2NO3. The Balaban J connectivity index is 2.12. The van der Waals surface area contributed by atoms with E-state index in [9.17, 15) is 4.79 Å². The Morgan fingerprint density at radius 3 is 2.57 bits per heavy atom. The number of aliphatic carboxylic acids is 1. The van der Waals surface area contributed by atoms with Crippen LogP contribution in [0.25, 0.3) is 0 Å². The summed E-state index contributed by atoms with van der Waals surface area (Å²) in [4.78, 5) is 10.6. The van der Waals surface area contributed by atoms with Gasteiger partial charge in [0.25, 0.3) is 0 Å². The number of hydrogen-bond acceptors (Lipinski definition) is 3. The Bertz CT molecular complexity index is 687. The minimum atomic E-state index is -0.930. The number of nitrogens with one attached hydrogen (secondary N) is 1. The molecule has 0 spiro atoms. The Labute approximate surface area is 145 Å². The summed E-state index contributed by atoms with van der Waals surface area (Å²) in [7, 11) is 0.